The molecule has 1 heterocycles. The Balaban J connectivity index is 1.42. The van der Waals surface area contributed by atoms with Gasteiger partial charge in [0, 0.05) is 12.5 Å². The fourth-order valence-electron chi connectivity index (χ4n) is 3.50. The first-order chi connectivity index (χ1) is 9.81. The summed E-state index contributed by atoms with van der Waals surface area (Å²) in [5.41, 5.74) is 10.7. The molecular formula is C18H19NO. The number of fused-ring (bicyclic) bond motifs is 2. The molecule has 2 aromatic rings. The molecule has 2 nitrogen and oxygen atoms in total. The summed E-state index contributed by atoms with van der Waals surface area (Å²) in [6, 6.07) is 17.1. The number of rotatable bonds is 3. The maximum atomic E-state index is 6.40. The maximum Gasteiger partial charge on any atom is 0.123 e. The fraction of sp³-hybridized carbons (Fsp3) is 0.333. The molecule has 102 valence electrons. The molecule has 2 N–H and O–H groups in total. The van der Waals surface area contributed by atoms with Crippen molar-refractivity contribution in [2.75, 3.05) is 0 Å². The first-order valence-electron chi connectivity index (χ1n) is 7.39. The predicted molar refractivity (Wildman–Crippen MR) is 80.0 cm³/mol. The minimum atomic E-state index is 0.112. The minimum absolute atomic E-state index is 0.112. The van der Waals surface area contributed by atoms with Crippen LogP contribution in [0.1, 0.15) is 29.0 Å². The van der Waals surface area contributed by atoms with Gasteiger partial charge in [0.2, 0.25) is 0 Å². The van der Waals surface area contributed by atoms with Crippen LogP contribution < -0.4 is 10.5 Å². The van der Waals surface area contributed by atoms with E-state index in [1.165, 1.54) is 23.1 Å². The molecular weight excluding hydrogens is 246 g/mol. The quantitative estimate of drug-likeness (QED) is 0.925. The normalized spacial score (nSPS) is 24.2. The number of hydrogen-bond acceptors (Lipinski definition) is 2. The van der Waals surface area contributed by atoms with Crippen molar-refractivity contribution in [2.45, 2.75) is 37.3 Å². The maximum absolute atomic E-state index is 6.40. The third-order valence-electron chi connectivity index (χ3n) is 4.67. The van der Waals surface area contributed by atoms with Crippen LogP contribution in [0.15, 0.2) is 48.5 Å². The van der Waals surface area contributed by atoms with Gasteiger partial charge in [-0.15, -0.1) is 0 Å². The van der Waals surface area contributed by atoms with Gasteiger partial charge in [-0.1, -0.05) is 42.5 Å². The summed E-state index contributed by atoms with van der Waals surface area (Å²) < 4.78 is 6.00. The number of ether oxygens (including phenoxy) is 1. The molecule has 0 aromatic heterocycles. The molecule has 2 heteroatoms. The van der Waals surface area contributed by atoms with E-state index < -0.39 is 0 Å². The monoisotopic (exact) mass is 265 g/mol. The first kappa shape index (κ1) is 12.0. The van der Waals surface area contributed by atoms with Crippen LogP contribution >= 0.6 is 0 Å². The molecule has 2 aromatic carbocycles. The Bertz CT molecular complexity index is 612. The van der Waals surface area contributed by atoms with E-state index in [0.717, 1.165) is 18.6 Å². The van der Waals surface area contributed by atoms with Crippen molar-refractivity contribution in [2.24, 2.45) is 5.73 Å². The van der Waals surface area contributed by atoms with E-state index in [2.05, 4.69) is 36.4 Å². The van der Waals surface area contributed by atoms with E-state index in [0.29, 0.717) is 5.92 Å². The average Bonchev–Trinajstić information content (AvgIpc) is 2.88. The predicted octanol–water partition coefficient (Wildman–Crippen LogP) is 3.05. The summed E-state index contributed by atoms with van der Waals surface area (Å²) in [6.07, 6.45) is 3.28. The fourth-order valence-corrected chi connectivity index (χ4v) is 3.50. The zero-order valence-corrected chi connectivity index (χ0v) is 11.5. The second kappa shape index (κ2) is 4.64. The highest BCUT2D eigenvalue weighted by Gasteiger charge is 2.33. The van der Waals surface area contributed by atoms with Crippen LogP contribution in [0.2, 0.25) is 0 Å². The van der Waals surface area contributed by atoms with Crippen molar-refractivity contribution in [3.63, 3.8) is 0 Å². The molecule has 0 radical (unpaired) electrons. The number of para-hydroxylation sites is 1. The average molecular weight is 265 g/mol. The summed E-state index contributed by atoms with van der Waals surface area (Å²) >= 11 is 0. The summed E-state index contributed by atoms with van der Waals surface area (Å²) in [5, 5.41) is 0. The molecule has 1 aliphatic carbocycles. The zero-order chi connectivity index (χ0) is 13.5. The van der Waals surface area contributed by atoms with Gasteiger partial charge in [0.15, 0.2) is 0 Å². The van der Waals surface area contributed by atoms with Crippen molar-refractivity contribution in [1.29, 1.82) is 0 Å². The minimum Gasteiger partial charge on any atom is -0.488 e. The van der Waals surface area contributed by atoms with Gasteiger partial charge in [0.05, 0.1) is 0 Å². The summed E-state index contributed by atoms with van der Waals surface area (Å²) in [6.45, 7) is 0. The Morgan fingerprint density at radius 3 is 2.55 bits per heavy atom. The highest BCUT2D eigenvalue weighted by molar-refractivity contribution is 5.41. The largest absolute Gasteiger partial charge is 0.488 e. The Labute approximate surface area is 119 Å². The second-order valence-electron chi connectivity index (χ2n) is 5.97. The van der Waals surface area contributed by atoms with Crippen LogP contribution in [0.3, 0.4) is 0 Å². The number of nitrogens with two attached hydrogens (primary N) is 1. The SMILES string of the molecule is NC(CC1Cc2ccccc21)C1Cc2ccccc2O1. The lowest BCUT2D eigenvalue weighted by Crippen LogP contribution is -2.40. The van der Waals surface area contributed by atoms with Crippen molar-refractivity contribution in [1.82, 2.24) is 0 Å². The van der Waals surface area contributed by atoms with Crippen molar-refractivity contribution >= 4 is 0 Å². The Kier molecular flexibility index (Phi) is 2.78. The molecule has 1 aliphatic heterocycles. The Morgan fingerprint density at radius 2 is 1.75 bits per heavy atom. The van der Waals surface area contributed by atoms with Crippen molar-refractivity contribution in [3.05, 3.63) is 65.2 Å². The van der Waals surface area contributed by atoms with Gasteiger partial charge in [0.1, 0.15) is 11.9 Å². The highest BCUT2D eigenvalue weighted by Crippen LogP contribution is 2.39. The van der Waals surface area contributed by atoms with Crippen LogP contribution in [0.4, 0.5) is 0 Å². The van der Waals surface area contributed by atoms with Gasteiger partial charge >= 0.3 is 0 Å². The van der Waals surface area contributed by atoms with Crippen LogP contribution in [-0.4, -0.2) is 12.1 Å². The molecule has 20 heavy (non-hydrogen) atoms. The lowest BCUT2D eigenvalue weighted by atomic mass is 9.74. The van der Waals surface area contributed by atoms with Crippen molar-refractivity contribution in [3.8, 4) is 5.75 Å². The molecule has 4 rings (SSSR count). The first-order valence-corrected chi connectivity index (χ1v) is 7.39. The summed E-state index contributed by atoms with van der Waals surface area (Å²) in [5.74, 6) is 1.63. The molecule has 0 saturated heterocycles. The van der Waals surface area contributed by atoms with E-state index in [9.17, 15) is 0 Å². The number of benzene rings is 2. The van der Waals surface area contributed by atoms with E-state index in [-0.39, 0.29) is 12.1 Å². The molecule has 3 unspecified atom stereocenters. The lowest BCUT2D eigenvalue weighted by Gasteiger charge is -2.33. The van der Waals surface area contributed by atoms with E-state index in [4.69, 9.17) is 10.5 Å². The van der Waals surface area contributed by atoms with Gasteiger partial charge in [-0.05, 0) is 41.5 Å². The lowest BCUT2D eigenvalue weighted by molar-refractivity contribution is 0.186. The van der Waals surface area contributed by atoms with E-state index >= 15 is 0 Å². The van der Waals surface area contributed by atoms with Gasteiger partial charge in [-0.25, -0.2) is 0 Å². The Morgan fingerprint density at radius 1 is 1.00 bits per heavy atom. The van der Waals surface area contributed by atoms with Gasteiger partial charge in [-0.2, -0.15) is 0 Å². The smallest absolute Gasteiger partial charge is 0.123 e. The second-order valence-corrected chi connectivity index (χ2v) is 5.97. The van der Waals surface area contributed by atoms with Gasteiger partial charge in [0.25, 0.3) is 0 Å². The van der Waals surface area contributed by atoms with Crippen molar-refractivity contribution < 1.29 is 4.74 Å². The Hall–Kier alpha value is -1.80. The van der Waals surface area contributed by atoms with Crippen LogP contribution in [0, 0.1) is 0 Å². The van der Waals surface area contributed by atoms with Crippen LogP contribution in [-0.2, 0) is 12.8 Å². The zero-order valence-electron chi connectivity index (χ0n) is 11.5. The third-order valence-corrected chi connectivity index (χ3v) is 4.67. The highest BCUT2D eigenvalue weighted by atomic mass is 16.5. The van der Waals surface area contributed by atoms with E-state index in [1.54, 1.807) is 0 Å². The van der Waals surface area contributed by atoms with E-state index in [1.807, 2.05) is 12.1 Å². The van der Waals surface area contributed by atoms with Gasteiger partial charge in [-0.3, -0.25) is 0 Å². The summed E-state index contributed by atoms with van der Waals surface area (Å²) in [7, 11) is 0. The van der Waals surface area contributed by atoms with Gasteiger partial charge < -0.3 is 10.5 Å². The molecule has 3 atom stereocenters. The molecule has 2 aliphatic rings. The molecule has 0 saturated carbocycles. The standard InChI is InChI=1S/C18H19NO/c19-16(10-14-9-12-5-1-3-7-15(12)14)18-11-13-6-2-4-8-17(13)20-18/h1-8,14,16,18H,9-11,19H2. The summed E-state index contributed by atoms with van der Waals surface area (Å²) in [4.78, 5) is 0. The third kappa shape index (κ3) is 1.92. The van der Waals surface area contributed by atoms with Crippen LogP contribution in [0.5, 0.6) is 5.75 Å². The molecule has 0 spiro atoms. The molecule has 0 fully saturated rings. The molecule has 0 bridgehead atoms. The molecule has 0 amide bonds. The topological polar surface area (TPSA) is 35.2 Å². The number of hydrogen-bond donors (Lipinski definition) is 1. The van der Waals surface area contributed by atoms with Crippen LogP contribution in [0.25, 0.3) is 0 Å².